The zero-order chi connectivity index (χ0) is 26.5. The van der Waals surface area contributed by atoms with E-state index in [-0.39, 0.29) is 12.2 Å². The van der Waals surface area contributed by atoms with Gasteiger partial charge in [0, 0.05) is 4.90 Å². The Labute approximate surface area is 229 Å². The van der Waals surface area contributed by atoms with Crippen LogP contribution >= 0.6 is 23.1 Å². The van der Waals surface area contributed by atoms with Gasteiger partial charge in [-0.3, -0.25) is 9.36 Å². The van der Waals surface area contributed by atoms with Gasteiger partial charge < -0.3 is 4.74 Å². The fourth-order valence-electron chi connectivity index (χ4n) is 4.31. The molecule has 0 aliphatic carbocycles. The van der Waals surface area contributed by atoms with Crippen molar-refractivity contribution in [3.05, 3.63) is 139 Å². The number of thioether (sulfide) groups is 1. The van der Waals surface area contributed by atoms with Gasteiger partial charge in [-0.15, -0.1) is 11.8 Å². The first-order valence-electron chi connectivity index (χ1n) is 12.1. The number of rotatable bonds is 7. The predicted octanol–water partition coefficient (Wildman–Crippen LogP) is 5.37. The molecule has 190 valence electrons. The monoisotopic (exact) mass is 538 g/mol. The van der Waals surface area contributed by atoms with Crippen LogP contribution in [-0.4, -0.2) is 16.8 Å². The molecule has 1 unspecified atom stereocenters. The van der Waals surface area contributed by atoms with Crippen molar-refractivity contribution in [2.24, 2.45) is 4.99 Å². The second kappa shape index (κ2) is 11.6. The first-order chi connectivity index (χ1) is 18.5. The Bertz CT molecular complexity index is 1680. The van der Waals surface area contributed by atoms with Crippen LogP contribution in [0.1, 0.15) is 29.7 Å². The Morgan fingerprint density at radius 1 is 1.03 bits per heavy atom. The average molecular weight is 539 g/mol. The number of nitrogens with zero attached hydrogens (tertiary/aromatic N) is 2. The molecule has 7 heteroatoms. The van der Waals surface area contributed by atoms with E-state index in [0.29, 0.717) is 20.6 Å². The quantitative estimate of drug-likeness (QED) is 0.235. The zero-order valence-corrected chi connectivity index (χ0v) is 22.7. The predicted molar refractivity (Wildman–Crippen MR) is 155 cm³/mol. The van der Waals surface area contributed by atoms with E-state index in [9.17, 15) is 9.59 Å². The van der Waals surface area contributed by atoms with Crippen LogP contribution in [0.4, 0.5) is 0 Å². The highest BCUT2D eigenvalue weighted by Gasteiger charge is 2.33. The second-order valence-corrected chi connectivity index (χ2v) is 10.6. The summed E-state index contributed by atoms with van der Waals surface area (Å²) in [5.74, 6) is -0.479. The van der Waals surface area contributed by atoms with Crippen LogP contribution in [0.3, 0.4) is 0 Å². The summed E-state index contributed by atoms with van der Waals surface area (Å²) in [5.41, 5.74) is 3.50. The highest BCUT2D eigenvalue weighted by molar-refractivity contribution is 7.98. The molecule has 5 rings (SSSR count). The first-order valence-corrected chi connectivity index (χ1v) is 14.2. The number of thiazole rings is 1. The standard InChI is InChI=1S/C31H26N2O3S2/c1-21-27(30(35)36-20-23-12-7-4-8-13-23)28(24-16-18-25(37-2)19-17-24)33-29(34)26(38-31(33)32-21)15-9-14-22-10-5-3-6-11-22/h3-19,28H,20H2,1-2H3. The number of hydrogen-bond donors (Lipinski definition) is 0. The number of hydrogen-bond acceptors (Lipinski definition) is 6. The third-order valence-corrected chi connectivity index (χ3v) is 7.97. The average Bonchev–Trinajstić information content (AvgIpc) is 3.26. The molecule has 38 heavy (non-hydrogen) atoms. The maximum Gasteiger partial charge on any atom is 0.338 e. The highest BCUT2D eigenvalue weighted by Crippen LogP contribution is 2.32. The number of carbonyl (C=O) groups excluding carboxylic acids is 1. The van der Waals surface area contributed by atoms with Crippen molar-refractivity contribution in [2.75, 3.05) is 6.26 Å². The fourth-order valence-corrected chi connectivity index (χ4v) is 5.72. The van der Waals surface area contributed by atoms with Crippen LogP contribution in [0, 0.1) is 0 Å². The Hall–Kier alpha value is -3.94. The summed E-state index contributed by atoms with van der Waals surface area (Å²) in [6.07, 6.45) is 7.63. The van der Waals surface area contributed by atoms with E-state index in [4.69, 9.17) is 4.74 Å². The summed E-state index contributed by atoms with van der Waals surface area (Å²) in [7, 11) is 0. The molecule has 1 atom stereocenters. The Morgan fingerprint density at radius 3 is 2.39 bits per heavy atom. The van der Waals surface area contributed by atoms with Crippen molar-refractivity contribution in [1.82, 2.24) is 4.57 Å². The molecule has 1 aliphatic heterocycles. The number of ether oxygens (including phenoxy) is 1. The van der Waals surface area contributed by atoms with Crippen LogP contribution in [0.5, 0.6) is 0 Å². The van der Waals surface area contributed by atoms with Crippen molar-refractivity contribution in [3.8, 4) is 0 Å². The lowest BCUT2D eigenvalue weighted by atomic mass is 9.96. The van der Waals surface area contributed by atoms with Gasteiger partial charge in [0.15, 0.2) is 4.80 Å². The first kappa shape index (κ1) is 25.7. The van der Waals surface area contributed by atoms with Crippen LogP contribution in [0.15, 0.2) is 117 Å². The summed E-state index contributed by atoms with van der Waals surface area (Å²) in [5, 5.41) is 0. The lowest BCUT2D eigenvalue weighted by Gasteiger charge is -2.25. The van der Waals surface area contributed by atoms with Gasteiger partial charge in [0.2, 0.25) is 0 Å². The van der Waals surface area contributed by atoms with E-state index in [1.165, 1.54) is 11.3 Å². The van der Waals surface area contributed by atoms with Crippen LogP contribution in [-0.2, 0) is 16.1 Å². The van der Waals surface area contributed by atoms with Gasteiger partial charge in [0.25, 0.3) is 5.56 Å². The lowest BCUT2D eigenvalue weighted by molar-refractivity contribution is -0.140. The Morgan fingerprint density at radius 2 is 1.71 bits per heavy atom. The van der Waals surface area contributed by atoms with Crippen molar-refractivity contribution in [3.63, 3.8) is 0 Å². The molecule has 5 nitrogen and oxygen atoms in total. The molecule has 0 N–H and O–H groups in total. The number of aromatic nitrogens is 1. The second-order valence-electron chi connectivity index (χ2n) is 8.71. The summed E-state index contributed by atoms with van der Waals surface area (Å²) in [4.78, 5) is 33.5. The lowest BCUT2D eigenvalue weighted by Crippen LogP contribution is -2.39. The smallest absolute Gasteiger partial charge is 0.338 e. The van der Waals surface area contributed by atoms with Gasteiger partial charge in [-0.25, -0.2) is 9.79 Å². The molecule has 0 saturated heterocycles. The molecule has 0 spiro atoms. The third kappa shape index (κ3) is 5.49. The maximum absolute atomic E-state index is 13.7. The van der Waals surface area contributed by atoms with E-state index < -0.39 is 12.0 Å². The molecule has 1 aromatic heterocycles. The van der Waals surface area contributed by atoms with E-state index in [0.717, 1.165) is 21.6 Å². The SMILES string of the molecule is CSc1ccc(C2C(C(=O)OCc3ccccc3)=C(C)N=c3sc(=CC=Cc4ccccc4)c(=O)n32)cc1. The van der Waals surface area contributed by atoms with Gasteiger partial charge in [-0.05, 0) is 48.1 Å². The summed E-state index contributed by atoms with van der Waals surface area (Å²) >= 11 is 2.95. The number of benzene rings is 3. The van der Waals surface area contributed by atoms with Gasteiger partial charge >= 0.3 is 5.97 Å². The molecule has 0 amide bonds. The van der Waals surface area contributed by atoms with Crippen molar-refractivity contribution < 1.29 is 9.53 Å². The molecule has 3 aromatic carbocycles. The number of fused-ring (bicyclic) bond motifs is 1. The third-order valence-electron chi connectivity index (χ3n) is 6.22. The normalized spacial score (nSPS) is 15.4. The number of carbonyl (C=O) groups is 1. The molecular weight excluding hydrogens is 512 g/mol. The Kier molecular flexibility index (Phi) is 7.86. The van der Waals surface area contributed by atoms with Crippen molar-refractivity contribution >= 4 is 41.2 Å². The summed E-state index contributed by atoms with van der Waals surface area (Å²) < 4.78 is 7.89. The van der Waals surface area contributed by atoms with Gasteiger partial charge in [-0.1, -0.05) is 96.3 Å². The van der Waals surface area contributed by atoms with Crippen molar-refractivity contribution in [1.29, 1.82) is 0 Å². The minimum Gasteiger partial charge on any atom is -0.457 e. The minimum atomic E-state index is -0.634. The van der Waals surface area contributed by atoms with Gasteiger partial charge in [-0.2, -0.15) is 0 Å². The summed E-state index contributed by atoms with van der Waals surface area (Å²) in [6, 6.07) is 26.7. The molecule has 1 aliphatic rings. The fraction of sp³-hybridized carbons (Fsp3) is 0.129. The molecule has 2 heterocycles. The highest BCUT2D eigenvalue weighted by atomic mass is 32.2. The largest absolute Gasteiger partial charge is 0.457 e. The molecule has 0 bridgehead atoms. The number of esters is 1. The van der Waals surface area contributed by atoms with Crippen LogP contribution in [0.25, 0.3) is 12.2 Å². The maximum atomic E-state index is 13.7. The van der Waals surface area contributed by atoms with Crippen LogP contribution in [0.2, 0.25) is 0 Å². The van der Waals surface area contributed by atoms with Gasteiger partial charge in [0.1, 0.15) is 6.61 Å². The molecular formula is C31H26N2O3S2. The molecule has 0 saturated carbocycles. The molecule has 0 radical (unpaired) electrons. The van der Waals surface area contributed by atoms with E-state index in [1.54, 1.807) is 29.3 Å². The van der Waals surface area contributed by atoms with E-state index >= 15 is 0 Å². The van der Waals surface area contributed by atoms with E-state index in [2.05, 4.69) is 4.99 Å². The van der Waals surface area contributed by atoms with Crippen molar-refractivity contribution in [2.45, 2.75) is 24.5 Å². The summed E-state index contributed by atoms with van der Waals surface area (Å²) in [6.45, 7) is 1.94. The zero-order valence-electron chi connectivity index (χ0n) is 21.0. The Balaban J connectivity index is 1.56. The molecule has 4 aromatic rings. The van der Waals surface area contributed by atoms with Gasteiger partial charge in [0.05, 0.1) is 21.8 Å². The number of allylic oxidation sites excluding steroid dienone is 2. The minimum absolute atomic E-state index is 0.142. The topological polar surface area (TPSA) is 60.7 Å². The molecule has 0 fully saturated rings. The van der Waals surface area contributed by atoms with Crippen LogP contribution < -0.4 is 14.9 Å². The van der Waals surface area contributed by atoms with E-state index in [1.807, 2.05) is 103 Å².